The lowest BCUT2D eigenvalue weighted by Crippen LogP contribution is -2.50. The first-order chi connectivity index (χ1) is 14.2. The summed E-state index contributed by atoms with van der Waals surface area (Å²) in [6.45, 7) is 6.22. The number of hydrogen-bond acceptors (Lipinski definition) is 5. The molecule has 0 unspecified atom stereocenters. The number of benzene rings is 2. The summed E-state index contributed by atoms with van der Waals surface area (Å²) >= 11 is 0. The molecule has 8 heteroatoms. The number of carbonyl (C=O) groups is 1. The normalized spacial score (nSPS) is 15.1. The van der Waals surface area contributed by atoms with Crippen LogP contribution in [0.4, 0.5) is 5.69 Å². The fraction of sp³-hybridized carbons (Fsp3) is 0.409. The number of rotatable bonds is 6. The van der Waals surface area contributed by atoms with E-state index in [1.165, 1.54) is 11.4 Å². The van der Waals surface area contributed by atoms with Crippen molar-refractivity contribution in [3.05, 3.63) is 53.6 Å². The minimum atomic E-state index is -4.03. The van der Waals surface area contributed by atoms with Crippen molar-refractivity contribution in [1.29, 1.82) is 0 Å². The zero-order valence-electron chi connectivity index (χ0n) is 18.0. The molecule has 1 amide bonds. The standard InChI is InChI=1S/C22H29N3O4S/c1-17-5-8-19(9-6-17)25(16-22(26)24-13-11-23(3)12-14-24)30(27,28)21-15-18(2)7-10-20(21)29-4/h5-10,15H,11-14,16H2,1-4H3. The molecule has 7 nitrogen and oxygen atoms in total. The number of hydrogen-bond donors (Lipinski definition) is 0. The summed E-state index contributed by atoms with van der Waals surface area (Å²) in [5.41, 5.74) is 2.25. The van der Waals surface area contributed by atoms with Crippen molar-refractivity contribution >= 4 is 21.6 Å². The lowest BCUT2D eigenvalue weighted by Gasteiger charge is -2.34. The van der Waals surface area contributed by atoms with Crippen molar-refractivity contribution in [2.45, 2.75) is 18.7 Å². The highest BCUT2D eigenvalue weighted by Gasteiger charge is 2.32. The first-order valence-corrected chi connectivity index (χ1v) is 11.4. The Labute approximate surface area is 178 Å². The molecular formula is C22H29N3O4S. The van der Waals surface area contributed by atoms with Gasteiger partial charge in [0.1, 0.15) is 17.2 Å². The van der Waals surface area contributed by atoms with Crippen molar-refractivity contribution in [3.63, 3.8) is 0 Å². The number of carbonyl (C=O) groups excluding carboxylic acids is 1. The molecule has 0 aliphatic carbocycles. The number of piperazine rings is 1. The van der Waals surface area contributed by atoms with Crippen LogP contribution in [0.15, 0.2) is 47.4 Å². The van der Waals surface area contributed by atoms with Crippen LogP contribution in [0.3, 0.4) is 0 Å². The van der Waals surface area contributed by atoms with Gasteiger partial charge in [-0.3, -0.25) is 9.10 Å². The van der Waals surface area contributed by atoms with Gasteiger partial charge in [-0.2, -0.15) is 0 Å². The topological polar surface area (TPSA) is 70.2 Å². The highest BCUT2D eigenvalue weighted by Crippen LogP contribution is 2.31. The second-order valence-corrected chi connectivity index (χ2v) is 9.52. The maximum absolute atomic E-state index is 13.7. The minimum Gasteiger partial charge on any atom is -0.495 e. The van der Waals surface area contributed by atoms with Crippen LogP contribution in [0.25, 0.3) is 0 Å². The monoisotopic (exact) mass is 431 g/mol. The Morgan fingerprint density at radius 3 is 2.20 bits per heavy atom. The number of likely N-dealkylation sites (N-methyl/N-ethyl adjacent to an activating group) is 1. The van der Waals surface area contributed by atoms with E-state index >= 15 is 0 Å². The van der Waals surface area contributed by atoms with Gasteiger partial charge in [0.2, 0.25) is 5.91 Å². The highest BCUT2D eigenvalue weighted by atomic mass is 32.2. The van der Waals surface area contributed by atoms with Crippen LogP contribution in [-0.4, -0.2) is 71.0 Å². The molecule has 1 fully saturated rings. The summed E-state index contributed by atoms with van der Waals surface area (Å²) in [4.78, 5) is 17.0. The molecule has 1 saturated heterocycles. The quantitative estimate of drug-likeness (QED) is 0.702. The molecule has 1 aliphatic rings. The van der Waals surface area contributed by atoms with Gasteiger partial charge in [0.15, 0.2) is 0 Å². The van der Waals surface area contributed by atoms with E-state index in [2.05, 4.69) is 4.90 Å². The van der Waals surface area contributed by atoms with Crippen LogP contribution < -0.4 is 9.04 Å². The molecule has 0 spiro atoms. The van der Waals surface area contributed by atoms with E-state index in [9.17, 15) is 13.2 Å². The van der Waals surface area contributed by atoms with Gasteiger partial charge in [-0.25, -0.2) is 8.42 Å². The molecule has 0 atom stereocenters. The van der Waals surface area contributed by atoms with E-state index in [4.69, 9.17) is 4.74 Å². The minimum absolute atomic E-state index is 0.0525. The van der Waals surface area contributed by atoms with Gasteiger partial charge in [-0.05, 0) is 50.7 Å². The average Bonchev–Trinajstić information content (AvgIpc) is 2.73. The molecule has 1 aliphatic heterocycles. The summed E-state index contributed by atoms with van der Waals surface area (Å²) in [5, 5.41) is 0. The third-order valence-corrected chi connectivity index (χ3v) is 7.14. The molecule has 1 heterocycles. The first-order valence-electron chi connectivity index (χ1n) is 9.93. The molecule has 30 heavy (non-hydrogen) atoms. The fourth-order valence-electron chi connectivity index (χ4n) is 3.41. The van der Waals surface area contributed by atoms with Crippen LogP contribution in [0.2, 0.25) is 0 Å². The van der Waals surface area contributed by atoms with E-state index in [1.54, 1.807) is 35.2 Å². The zero-order valence-corrected chi connectivity index (χ0v) is 18.8. The van der Waals surface area contributed by atoms with Gasteiger partial charge in [0.25, 0.3) is 10.0 Å². The number of sulfonamides is 1. The number of ether oxygens (including phenoxy) is 1. The van der Waals surface area contributed by atoms with Crippen molar-refractivity contribution in [3.8, 4) is 5.75 Å². The summed E-state index contributed by atoms with van der Waals surface area (Å²) in [7, 11) is -0.578. The van der Waals surface area contributed by atoms with E-state index in [0.29, 0.717) is 18.8 Å². The van der Waals surface area contributed by atoms with Gasteiger partial charge < -0.3 is 14.5 Å². The third-order valence-electron chi connectivity index (χ3n) is 5.34. The smallest absolute Gasteiger partial charge is 0.268 e. The van der Waals surface area contributed by atoms with Crippen LogP contribution in [0, 0.1) is 13.8 Å². The second kappa shape index (κ2) is 9.06. The van der Waals surface area contributed by atoms with Crippen LogP contribution >= 0.6 is 0 Å². The Bertz CT molecular complexity index is 998. The Kier molecular flexibility index (Phi) is 6.67. The molecule has 3 rings (SSSR count). The maximum Gasteiger partial charge on any atom is 0.268 e. The third kappa shape index (κ3) is 4.76. The van der Waals surface area contributed by atoms with E-state index < -0.39 is 10.0 Å². The molecule has 0 saturated carbocycles. The number of amides is 1. The highest BCUT2D eigenvalue weighted by molar-refractivity contribution is 7.93. The first kappa shape index (κ1) is 22.1. The Hall–Kier alpha value is -2.58. The number of nitrogens with zero attached hydrogens (tertiary/aromatic N) is 3. The van der Waals surface area contributed by atoms with Crippen LogP contribution in [0.1, 0.15) is 11.1 Å². The van der Waals surface area contributed by atoms with Crippen LogP contribution in [-0.2, 0) is 14.8 Å². The summed E-state index contributed by atoms with van der Waals surface area (Å²) in [6.07, 6.45) is 0. The predicted octanol–water partition coefficient (Wildman–Crippen LogP) is 2.28. The summed E-state index contributed by atoms with van der Waals surface area (Å²) < 4.78 is 33.9. The summed E-state index contributed by atoms with van der Waals surface area (Å²) in [5.74, 6) is 0.0450. The Morgan fingerprint density at radius 2 is 1.60 bits per heavy atom. The number of aryl methyl sites for hydroxylation is 2. The SMILES string of the molecule is COc1ccc(C)cc1S(=O)(=O)N(CC(=O)N1CCN(C)CC1)c1ccc(C)cc1. The van der Waals surface area contributed by atoms with Gasteiger partial charge in [0.05, 0.1) is 12.8 Å². The van der Waals surface area contributed by atoms with Gasteiger partial charge >= 0.3 is 0 Å². The molecule has 0 N–H and O–H groups in total. The molecule has 0 radical (unpaired) electrons. The summed E-state index contributed by atoms with van der Waals surface area (Å²) in [6, 6.07) is 12.1. The van der Waals surface area contributed by atoms with Crippen molar-refractivity contribution in [2.24, 2.45) is 0 Å². The van der Waals surface area contributed by atoms with Gasteiger partial charge in [-0.15, -0.1) is 0 Å². The fourth-order valence-corrected chi connectivity index (χ4v) is 5.07. The predicted molar refractivity (Wildman–Crippen MR) is 118 cm³/mol. The van der Waals surface area contributed by atoms with Gasteiger partial charge in [0, 0.05) is 26.2 Å². The Morgan fingerprint density at radius 1 is 1.00 bits per heavy atom. The molecule has 0 bridgehead atoms. The molecule has 2 aromatic carbocycles. The van der Waals surface area contributed by atoms with E-state index in [0.717, 1.165) is 24.2 Å². The molecular weight excluding hydrogens is 402 g/mol. The van der Waals surface area contributed by atoms with Crippen molar-refractivity contribution < 1.29 is 17.9 Å². The number of methoxy groups -OCH3 is 1. The number of anilines is 1. The average molecular weight is 432 g/mol. The lowest BCUT2D eigenvalue weighted by atomic mass is 10.2. The molecule has 0 aromatic heterocycles. The Balaban J connectivity index is 2.00. The largest absolute Gasteiger partial charge is 0.495 e. The van der Waals surface area contributed by atoms with Crippen molar-refractivity contribution in [1.82, 2.24) is 9.80 Å². The lowest BCUT2D eigenvalue weighted by molar-refractivity contribution is -0.131. The van der Waals surface area contributed by atoms with Crippen molar-refractivity contribution in [2.75, 3.05) is 51.2 Å². The zero-order chi connectivity index (χ0) is 21.9. The molecule has 162 valence electrons. The van der Waals surface area contributed by atoms with E-state index in [-0.39, 0.29) is 23.1 Å². The van der Waals surface area contributed by atoms with Gasteiger partial charge in [-0.1, -0.05) is 23.8 Å². The molecule has 2 aromatic rings. The maximum atomic E-state index is 13.7. The van der Waals surface area contributed by atoms with E-state index in [1.807, 2.05) is 33.0 Å². The second-order valence-electron chi connectivity index (χ2n) is 7.69. The van der Waals surface area contributed by atoms with Crippen LogP contribution in [0.5, 0.6) is 5.75 Å².